The van der Waals surface area contributed by atoms with Gasteiger partial charge in [-0.2, -0.15) is 0 Å². The van der Waals surface area contributed by atoms with Gasteiger partial charge in [-0.05, 0) is 23.6 Å². The molecule has 0 radical (unpaired) electrons. The van der Waals surface area contributed by atoms with Crippen molar-refractivity contribution in [3.8, 4) is 0 Å². The van der Waals surface area contributed by atoms with Gasteiger partial charge >= 0.3 is 5.97 Å². The largest absolute Gasteiger partial charge is 0.480 e. The van der Waals surface area contributed by atoms with E-state index in [4.69, 9.17) is 5.11 Å². The quantitative estimate of drug-likeness (QED) is 0.864. The van der Waals surface area contributed by atoms with Crippen molar-refractivity contribution in [2.45, 2.75) is 19.9 Å². The van der Waals surface area contributed by atoms with Crippen LogP contribution >= 0.6 is 15.9 Å². The Morgan fingerprint density at radius 1 is 1.38 bits per heavy atom. The van der Waals surface area contributed by atoms with Crippen LogP contribution in [0.5, 0.6) is 0 Å². The van der Waals surface area contributed by atoms with E-state index in [9.17, 15) is 4.79 Å². The molecule has 0 amide bonds. The van der Waals surface area contributed by atoms with Gasteiger partial charge in [0, 0.05) is 10.7 Å². The first-order valence-electron chi connectivity index (χ1n) is 5.02. The third-order valence-electron chi connectivity index (χ3n) is 2.14. The minimum absolute atomic E-state index is 0.0100. The summed E-state index contributed by atoms with van der Waals surface area (Å²) in [4.78, 5) is 15.0. The molecule has 0 aliphatic carbocycles. The SMILES string of the molecule is CC(C)C(N=Cc1ccc(Br)cc1)C(=O)O. The van der Waals surface area contributed by atoms with Crippen molar-refractivity contribution >= 4 is 28.1 Å². The van der Waals surface area contributed by atoms with E-state index >= 15 is 0 Å². The Bertz CT molecular complexity index is 385. The molecule has 0 aliphatic rings. The Balaban J connectivity index is 2.78. The molecule has 0 aromatic heterocycles. The van der Waals surface area contributed by atoms with Crippen LogP contribution in [0.15, 0.2) is 33.7 Å². The Labute approximate surface area is 103 Å². The maximum Gasteiger partial charge on any atom is 0.328 e. The third kappa shape index (κ3) is 3.77. The van der Waals surface area contributed by atoms with Gasteiger partial charge in [0.05, 0.1) is 0 Å². The van der Waals surface area contributed by atoms with Gasteiger partial charge in [-0.15, -0.1) is 0 Å². The predicted molar refractivity (Wildman–Crippen MR) is 68.0 cm³/mol. The molecule has 0 bridgehead atoms. The zero-order valence-corrected chi connectivity index (χ0v) is 10.8. The summed E-state index contributed by atoms with van der Waals surface area (Å²) in [5.74, 6) is -0.896. The zero-order chi connectivity index (χ0) is 12.1. The van der Waals surface area contributed by atoms with E-state index in [1.807, 2.05) is 38.1 Å². The van der Waals surface area contributed by atoms with E-state index in [0.29, 0.717) is 0 Å². The van der Waals surface area contributed by atoms with Gasteiger partial charge in [-0.25, -0.2) is 4.79 Å². The van der Waals surface area contributed by atoms with Crippen LogP contribution in [0.25, 0.3) is 0 Å². The summed E-state index contributed by atoms with van der Waals surface area (Å²) in [5, 5.41) is 8.94. The number of aliphatic carboxylic acids is 1. The summed E-state index contributed by atoms with van der Waals surface area (Å²) < 4.78 is 0.989. The Hall–Kier alpha value is -1.16. The first-order chi connectivity index (χ1) is 7.50. The van der Waals surface area contributed by atoms with Crippen molar-refractivity contribution in [1.29, 1.82) is 0 Å². The molecule has 0 fully saturated rings. The monoisotopic (exact) mass is 283 g/mol. The predicted octanol–water partition coefficient (Wildman–Crippen LogP) is 2.98. The van der Waals surface area contributed by atoms with E-state index in [0.717, 1.165) is 10.0 Å². The van der Waals surface area contributed by atoms with Gasteiger partial charge in [0.2, 0.25) is 0 Å². The molecule has 86 valence electrons. The highest BCUT2D eigenvalue weighted by atomic mass is 79.9. The van der Waals surface area contributed by atoms with Crippen molar-refractivity contribution in [3.05, 3.63) is 34.3 Å². The van der Waals surface area contributed by atoms with Gasteiger partial charge < -0.3 is 5.11 Å². The number of benzene rings is 1. The molecule has 1 aromatic carbocycles. The molecule has 1 unspecified atom stereocenters. The maximum atomic E-state index is 10.9. The highest BCUT2D eigenvalue weighted by Gasteiger charge is 2.18. The number of aliphatic imine (C=N–C) groups is 1. The summed E-state index contributed by atoms with van der Waals surface area (Å²) in [7, 11) is 0. The summed E-state index contributed by atoms with van der Waals surface area (Å²) in [6.07, 6.45) is 1.60. The molecular weight excluding hydrogens is 270 g/mol. The van der Waals surface area contributed by atoms with Gasteiger partial charge in [-0.3, -0.25) is 4.99 Å². The van der Waals surface area contributed by atoms with Crippen LogP contribution in [0.4, 0.5) is 0 Å². The summed E-state index contributed by atoms with van der Waals surface area (Å²) in [5.41, 5.74) is 0.898. The fourth-order valence-corrected chi connectivity index (χ4v) is 1.50. The molecule has 1 atom stereocenters. The highest BCUT2D eigenvalue weighted by Crippen LogP contribution is 2.10. The van der Waals surface area contributed by atoms with Crippen LogP contribution in [-0.2, 0) is 4.79 Å². The van der Waals surface area contributed by atoms with E-state index in [2.05, 4.69) is 20.9 Å². The molecule has 0 saturated heterocycles. The minimum Gasteiger partial charge on any atom is -0.480 e. The summed E-state index contributed by atoms with van der Waals surface area (Å²) in [6, 6.07) is 6.88. The molecule has 1 N–H and O–H groups in total. The first kappa shape index (κ1) is 12.9. The Morgan fingerprint density at radius 3 is 2.38 bits per heavy atom. The van der Waals surface area contributed by atoms with Crippen LogP contribution in [0.3, 0.4) is 0 Å². The molecular formula is C12H14BrNO2. The van der Waals surface area contributed by atoms with Crippen molar-refractivity contribution in [3.63, 3.8) is 0 Å². The van der Waals surface area contributed by atoms with Crippen LogP contribution in [0.1, 0.15) is 19.4 Å². The molecule has 4 heteroatoms. The topological polar surface area (TPSA) is 49.7 Å². The van der Waals surface area contributed by atoms with Gasteiger partial charge in [0.25, 0.3) is 0 Å². The number of halogens is 1. The Morgan fingerprint density at radius 2 is 1.94 bits per heavy atom. The fraction of sp³-hybridized carbons (Fsp3) is 0.333. The van der Waals surface area contributed by atoms with Gasteiger partial charge in [0.1, 0.15) is 6.04 Å². The molecule has 0 aliphatic heterocycles. The molecule has 16 heavy (non-hydrogen) atoms. The molecule has 0 spiro atoms. The molecule has 1 rings (SSSR count). The van der Waals surface area contributed by atoms with Crippen molar-refractivity contribution in [2.75, 3.05) is 0 Å². The van der Waals surface area contributed by atoms with E-state index < -0.39 is 12.0 Å². The average Bonchev–Trinajstić information content (AvgIpc) is 2.20. The highest BCUT2D eigenvalue weighted by molar-refractivity contribution is 9.10. The van der Waals surface area contributed by atoms with Crippen LogP contribution in [-0.4, -0.2) is 23.3 Å². The van der Waals surface area contributed by atoms with Crippen molar-refractivity contribution in [2.24, 2.45) is 10.9 Å². The molecule has 1 aromatic rings. The zero-order valence-electron chi connectivity index (χ0n) is 9.22. The summed E-state index contributed by atoms with van der Waals surface area (Å²) >= 11 is 3.33. The number of nitrogens with zero attached hydrogens (tertiary/aromatic N) is 1. The standard InChI is InChI=1S/C12H14BrNO2/c1-8(2)11(12(15)16)14-7-9-3-5-10(13)6-4-9/h3-8,11H,1-2H3,(H,15,16). The van der Waals surface area contributed by atoms with Crippen molar-refractivity contribution < 1.29 is 9.90 Å². The number of rotatable bonds is 4. The maximum absolute atomic E-state index is 10.9. The van der Waals surface area contributed by atoms with E-state index in [1.54, 1.807) is 6.21 Å². The van der Waals surface area contributed by atoms with Gasteiger partial charge in [0.15, 0.2) is 0 Å². The average molecular weight is 284 g/mol. The second kappa shape index (κ2) is 5.80. The van der Waals surface area contributed by atoms with Crippen LogP contribution in [0.2, 0.25) is 0 Å². The Kier molecular flexibility index (Phi) is 4.68. The number of carbonyl (C=O) groups is 1. The third-order valence-corrected chi connectivity index (χ3v) is 2.67. The lowest BCUT2D eigenvalue weighted by Gasteiger charge is -2.10. The number of carboxylic acids is 1. The second-order valence-corrected chi connectivity index (χ2v) is 4.77. The van der Waals surface area contributed by atoms with E-state index in [-0.39, 0.29) is 5.92 Å². The van der Waals surface area contributed by atoms with E-state index in [1.165, 1.54) is 0 Å². The van der Waals surface area contributed by atoms with Gasteiger partial charge in [-0.1, -0.05) is 41.9 Å². The van der Waals surface area contributed by atoms with Crippen LogP contribution in [0, 0.1) is 5.92 Å². The lowest BCUT2D eigenvalue weighted by molar-refractivity contribution is -0.139. The lowest BCUT2D eigenvalue weighted by Crippen LogP contribution is -2.24. The summed E-state index contributed by atoms with van der Waals surface area (Å²) in [6.45, 7) is 3.69. The smallest absolute Gasteiger partial charge is 0.328 e. The molecule has 3 nitrogen and oxygen atoms in total. The first-order valence-corrected chi connectivity index (χ1v) is 5.81. The minimum atomic E-state index is -0.886. The fourth-order valence-electron chi connectivity index (χ4n) is 1.24. The number of hydrogen-bond donors (Lipinski definition) is 1. The molecule has 0 heterocycles. The number of carboxylic acid groups (broad SMARTS) is 1. The normalized spacial score (nSPS) is 13.2. The lowest BCUT2D eigenvalue weighted by atomic mass is 10.1. The van der Waals surface area contributed by atoms with Crippen LogP contribution < -0.4 is 0 Å². The second-order valence-electron chi connectivity index (χ2n) is 3.86. The van der Waals surface area contributed by atoms with Crippen molar-refractivity contribution in [1.82, 2.24) is 0 Å². The number of hydrogen-bond acceptors (Lipinski definition) is 2. The molecule has 0 saturated carbocycles.